The van der Waals surface area contributed by atoms with E-state index < -0.39 is 12.8 Å². The molecule has 0 spiro atoms. The number of aromatic nitrogens is 2. The van der Waals surface area contributed by atoms with Crippen LogP contribution < -0.4 is 5.32 Å². The van der Waals surface area contributed by atoms with Gasteiger partial charge in [-0.25, -0.2) is 0 Å². The van der Waals surface area contributed by atoms with E-state index in [9.17, 15) is 13.2 Å². The van der Waals surface area contributed by atoms with Gasteiger partial charge in [0.05, 0.1) is 6.04 Å². The monoisotopic (exact) mass is 279 g/mol. The first-order valence-corrected chi connectivity index (χ1v) is 6.25. The molecule has 108 valence electrons. The highest BCUT2D eigenvalue weighted by atomic mass is 19.4. The van der Waals surface area contributed by atoms with Crippen molar-refractivity contribution in [1.82, 2.24) is 15.5 Å². The maximum Gasteiger partial charge on any atom is 0.411 e. The molecular formula is C11H16F3N3O2. The number of alkyl halides is 3. The van der Waals surface area contributed by atoms with Crippen molar-refractivity contribution in [2.24, 2.45) is 0 Å². The first-order chi connectivity index (χ1) is 9.04. The molecule has 0 amide bonds. The van der Waals surface area contributed by atoms with Crippen LogP contribution in [0, 0.1) is 0 Å². The van der Waals surface area contributed by atoms with Crippen LogP contribution >= 0.6 is 0 Å². The van der Waals surface area contributed by atoms with Gasteiger partial charge < -0.3 is 14.6 Å². The Kier molecular flexibility index (Phi) is 4.76. The van der Waals surface area contributed by atoms with Gasteiger partial charge in [0.25, 0.3) is 5.89 Å². The molecule has 0 aliphatic carbocycles. The minimum absolute atomic E-state index is 0.0163. The average Bonchev–Trinajstić information content (AvgIpc) is 2.62. The van der Waals surface area contributed by atoms with Crippen molar-refractivity contribution < 1.29 is 22.4 Å². The lowest BCUT2D eigenvalue weighted by atomic mass is 10.1. The van der Waals surface area contributed by atoms with E-state index in [-0.39, 0.29) is 18.5 Å². The molecule has 1 aliphatic rings. The number of halogens is 3. The molecule has 8 heteroatoms. The van der Waals surface area contributed by atoms with Crippen LogP contribution in [0.5, 0.6) is 0 Å². The molecule has 2 rings (SSSR count). The number of ether oxygens (including phenoxy) is 1. The summed E-state index contributed by atoms with van der Waals surface area (Å²) in [5.41, 5.74) is 0. The summed E-state index contributed by atoms with van der Waals surface area (Å²) in [5, 5.41) is 7.07. The second kappa shape index (κ2) is 6.33. The van der Waals surface area contributed by atoms with Gasteiger partial charge in [0, 0.05) is 0 Å². The van der Waals surface area contributed by atoms with Crippen LogP contribution in [0.1, 0.15) is 43.4 Å². The SMILES string of the molecule is FC(F)(F)COCc1nc(C2CCCCCN2)no1. The zero-order valence-corrected chi connectivity index (χ0v) is 10.4. The normalized spacial score (nSPS) is 21.3. The summed E-state index contributed by atoms with van der Waals surface area (Å²) in [7, 11) is 0. The van der Waals surface area contributed by atoms with Crippen molar-refractivity contribution in [3.63, 3.8) is 0 Å². The van der Waals surface area contributed by atoms with E-state index in [0.29, 0.717) is 5.82 Å². The summed E-state index contributed by atoms with van der Waals surface area (Å²) in [6.45, 7) is -0.745. The predicted octanol–water partition coefficient (Wildman–Crippen LogP) is 2.35. The van der Waals surface area contributed by atoms with E-state index in [1.807, 2.05) is 0 Å². The van der Waals surface area contributed by atoms with Gasteiger partial charge >= 0.3 is 6.18 Å². The lowest BCUT2D eigenvalue weighted by molar-refractivity contribution is -0.178. The van der Waals surface area contributed by atoms with E-state index in [1.165, 1.54) is 0 Å². The first-order valence-electron chi connectivity index (χ1n) is 6.25. The predicted molar refractivity (Wildman–Crippen MR) is 59.2 cm³/mol. The van der Waals surface area contributed by atoms with Crippen molar-refractivity contribution in [2.75, 3.05) is 13.2 Å². The van der Waals surface area contributed by atoms with Crippen molar-refractivity contribution in [3.8, 4) is 0 Å². The summed E-state index contributed by atoms with van der Waals surface area (Å²) < 4.78 is 45.0. The lowest BCUT2D eigenvalue weighted by Crippen LogP contribution is -2.21. The first kappa shape index (κ1) is 14.3. The van der Waals surface area contributed by atoms with Gasteiger partial charge in [0.1, 0.15) is 13.2 Å². The second-order valence-electron chi connectivity index (χ2n) is 4.51. The molecular weight excluding hydrogens is 263 g/mol. The molecule has 1 fully saturated rings. The molecule has 5 nitrogen and oxygen atoms in total. The largest absolute Gasteiger partial charge is 0.411 e. The molecule has 1 atom stereocenters. The van der Waals surface area contributed by atoms with Gasteiger partial charge in [-0.05, 0) is 19.4 Å². The van der Waals surface area contributed by atoms with Gasteiger partial charge in [-0.3, -0.25) is 0 Å². The van der Waals surface area contributed by atoms with Gasteiger partial charge in [-0.15, -0.1) is 0 Å². The van der Waals surface area contributed by atoms with Crippen molar-refractivity contribution in [1.29, 1.82) is 0 Å². The highest BCUT2D eigenvalue weighted by molar-refractivity contribution is 4.94. The fourth-order valence-electron chi connectivity index (χ4n) is 1.97. The Bertz CT molecular complexity index is 387. The smallest absolute Gasteiger partial charge is 0.362 e. The Hall–Kier alpha value is -1.15. The molecule has 0 bridgehead atoms. The Labute approximate surface area is 108 Å². The Morgan fingerprint density at radius 2 is 2.16 bits per heavy atom. The fourth-order valence-corrected chi connectivity index (χ4v) is 1.97. The minimum atomic E-state index is -4.34. The Balaban J connectivity index is 1.84. The molecule has 19 heavy (non-hydrogen) atoms. The number of nitrogens with one attached hydrogen (secondary N) is 1. The van der Waals surface area contributed by atoms with E-state index in [2.05, 4.69) is 20.2 Å². The van der Waals surface area contributed by atoms with E-state index in [0.717, 1.165) is 32.2 Å². The van der Waals surface area contributed by atoms with Crippen LogP contribution in [0.15, 0.2) is 4.52 Å². The molecule has 0 saturated carbocycles. The van der Waals surface area contributed by atoms with Crippen molar-refractivity contribution in [2.45, 2.75) is 44.5 Å². The fraction of sp³-hybridized carbons (Fsp3) is 0.818. The Morgan fingerprint density at radius 3 is 2.95 bits per heavy atom. The van der Waals surface area contributed by atoms with Crippen LogP contribution in [0.2, 0.25) is 0 Å². The molecule has 1 N–H and O–H groups in total. The van der Waals surface area contributed by atoms with Crippen LogP contribution in [0.25, 0.3) is 0 Å². The summed E-state index contributed by atoms with van der Waals surface area (Å²) in [6.07, 6.45) is -0.0982. The third kappa shape index (κ3) is 4.79. The average molecular weight is 279 g/mol. The van der Waals surface area contributed by atoms with Crippen molar-refractivity contribution >= 4 is 0 Å². The molecule has 1 unspecified atom stereocenters. The molecule has 1 saturated heterocycles. The number of hydrogen-bond acceptors (Lipinski definition) is 5. The van der Waals surface area contributed by atoms with E-state index in [4.69, 9.17) is 4.52 Å². The van der Waals surface area contributed by atoms with E-state index >= 15 is 0 Å². The van der Waals surface area contributed by atoms with Gasteiger partial charge in [-0.2, -0.15) is 18.2 Å². The number of nitrogens with zero attached hydrogens (tertiary/aromatic N) is 2. The molecule has 1 aromatic heterocycles. The van der Waals surface area contributed by atoms with Gasteiger partial charge in [-0.1, -0.05) is 18.0 Å². The highest BCUT2D eigenvalue weighted by Crippen LogP contribution is 2.20. The summed E-state index contributed by atoms with van der Waals surface area (Å²) in [5.74, 6) is 0.567. The summed E-state index contributed by atoms with van der Waals surface area (Å²) in [6, 6.07) is 0.0163. The maximum atomic E-state index is 11.9. The number of hydrogen-bond donors (Lipinski definition) is 1. The Morgan fingerprint density at radius 1 is 1.32 bits per heavy atom. The van der Waals surface area contributed by atoms with Crippen LogP contribution in [0.4, 0.5) is 13.2 Å². The second-order valence-corrected chi connectivity index (χ2v) is 4.51. The lowest BCUT2D eigenvalue weighted by Gasteiger charge is -2.09. The van der Waals surface area contributed by atoms with Crippen LogP contribution in [0.3, 0.4) is 0 Å². The molecule has 2 heterocycles. The minimum Gasteiger partial charge on any atom is -0.362 e. The zero-order valence-electron chi connectivity index (χ0n) is 10.4. The molecule has 1 aromatic rings. The summed E-state index contributed by atoms with van der Waals surface area (Å²) >= 11 is 0. The zero-order chi connectivity index (χ0) is 13.7. The third-order valence-corrected chi connectivity index (χ3v) is 2.85. The maximum absolute atomic E-state index is 11.9. The third-order valence-electron chi connectivity index (χ3n) is 2.85. The van der Waals surface area contributed by atoms with Crippen LogP contribution in [-0.2, 0) is 11.3 Å². The standard InChI is InChI=1S/C11H16F3N3O2/c12-11(13,14)7-18-6-9-16-10(17-19-9)8-4-2-1-3-5-15-8/h8,15H,1-7H2. The van der Waals surface area contributed by atoms with Crippen LogP contribution in [-0.4, -0.2) is 29.5 Å². The van der Waals surface area contributed by atoms with Gasteiger partial charge in [0.2, 0.25) is 0 Å². The molecule has 1 aliphatic heterocycles. The quantitative estimate of drug-likeness (QED) is 0.916. The topological polar surface area (TPSA) is 60.2 Å². The van der Waals surface area contributed by atoms with E-state index in [1.54, 1.807) is 0 Å². The summed E-state index contributed by atoms with van der Waals surface area (Å²) in [4.78, 5) is 4.06. The number of rotatable bonds is 4. The molecule has 0 aromatic carbocycles. The van der Waals surface area contributed by atoms with Crippen molar-refractivity contribution in [3.05, 3.63) is 11.7 Å². The molecule has 0 radical (unpaired) electrons. The van der Waals surface area contributed by atoms with Gasteiger partial charge in [0.15, 0.2) is 5.82 Å². The highest BCUT2D eigenvalue weighted by Gasteiger charge is 2.28.